The summed E-state index contributed by atoms with van der Waals surface area (Å²) in [6.07, 6.45) is 0. The van der Waals surface area contributed by atoms with Gasteiger partial charge in [0, 0.05) is 16.8 Å². The molecule has 0 radical (unpaired) electrons. The van der Waals surface area contributed by atoms with Crippen molar-refractivity contribution in [3.8, 4) is 0 Å². The molecule has 0 aliphatic carbocycles. The van der Waals surface area contributed by atoms with Crippen LogP contribution in [-0.2, 0) is 6.54 Å². The van der Waals surface area contributed by atoms with Gasteiger partial charge >= 0.3 is 0 Å². The molecule has 2 aromatic heterocycles. The van der Waals surface area contributed by atoms with Gasteiger partial charge in [-0.3, -0.25) is 0 Å². The Bertz CT molecular complexity index is 420. The van der Waals surface area contributed by atoms with Crippen LogP contribution in [-0.4, -0.2) is 9.55 Å². The average Bonchev–Trinajstić information content (AvgIpc) is 2.67. The fourth-order valence-corrected chi connectivity index (χ4v) is 2.20. The number of thiazole rings is 1. The van der Waals surface area contributed by atoms with E-state index in [0.717, 1.165) is 17.2 Å². The first kappa shape index (κ1) is 9.46. The van der Waals surface area contributed by atoms with E-state index in [1.807, 2.05) is 6.92 Å². The fraction of sp³-hybridized carbons (Fsp3) is 0.364. The molecule has 2 heterocycles. The second-order valence-corrected chi connectivity index (χ2v) is 4.62. The topological polar surface area (TPSA) is 17.8 Å². The summed E-state index contributed by atoms with van der Waals surface area (Å²) >= 11 is 1.71. The molecule has 0 unspecified atom stereocenters. The lowest BCUT2D eigenvalue weighted by atomic mass is 10.4. The number of nitrogens with zero attached hydrogens (tertiary/aromatic N) is 2. The molecule has 0 spiro atoms. The highest BCUT2D eigenvalue weighted by Crippen LogP contribution is 2.13. The minimum absolute atomic E-state index is 0.898. The van der Waals surface area contributed by atoms with Crippen LogP contribution < -0.4 is 0 Å². The van der Waals surface area contributed by atoms with Crippen molar-refractivity contribution in [1.82, 2.24) is 9.55 Å². The first-order valence-electron chi connectivity index (χ1n) is 4.70. The highest BCUT2D eigenvalue weighted by Gasteiger charge is 2.03. The maximum absolute atomic E-state index is 4.47. The zero-order valence-electron chi connectivity index (χ0n) is 8.74. The first-order chi connectivity index (χ1) is 6.66. The molecule has 0 saturated carbocycles. The molecule has 2 nitrogen and oxygen atoms in total. The SMILES string of the molecule is Cc1nc(Cn2c(C)ccc2C)cs1. The van der Waals surface area contributed by atoms with Crippen LogP contribution in [0, 0.1) is 20.8 Å². The molecule has 0 aromatic carbocycles. The second-order valence-electron chi connectivity index (χ2n) is 3.56. The van der Waals surface area contributed by atoms with Crippen molar-refractivity contribution in [3.63, 3.8) is 0 Å². The van der Waals surface area contributed by atoms with Crippen LogP contribution in [0.15, 0.2) is 17.5 Å². The van der Waals surface area contributed by atoms with Crippen LogP contribution in [0.3, 0.4) is 0 Å². The van der Waals surface area contributed by atoms with Gasteiger partial charge in [0.25, 0.3) is 0 Å². The highest BCUT2D eigenvalue weighted by molar-refractivity contribution is 7.09. The van der Waals surface area contributed by atoms with Crippen LogP contribution >= 0.6 is 11.3 Å². The number of hydrogen-bond donors (Lipinski definition) is 0. The molecule has 14 heavy (non-hydrogen) atoms. The normalized spacial score (nSPS) is 10.8. The van der Waals surface area contributed by atoms with Gasteiger partial charge in [-0.2, -0.15) is 0 Å². The lowest BCUT2D eigenvalue weighted by molar-refractivity contribution is 0.733. The van der Waals surface area contributed by atoms with Gasteiger partial charge in [-0.05, 0) is 32.9 Å². The quantitative estimate of drug-likeness (QED) is 0.738. The lowest BCUT2D eigenvalue weighted by Gasteiger charge is -2.06. The third-order valence-electron chi connectivity index (χ3n) is 2.40. The summed E-state index contributed by atoms with van der Waals surface area (Å²) in [6, 6.07) is 4.29. The number of aromatic nitrogens is 2. The summed E-state index contributed by atoms with van der Waals surface area (Å²) < 4.78 is 2.29. The summed E-state index contributed by atoms with van der Waals surface area (Å²) in [5.74, 6) is 0. The molecule has 0 aliphatic heterocycles. The Kier molecular flexibility index (Phi) is 2.42. The van der Waals surface area contributed by atoms with Gasteiger partial charge < -0.3 is 4.57 Å². The molecule has 0 aliphatic rings. The standard InChI is InChI=1S/C11H14N2S/c1-8-4-5-9(2)13(8)6-11-7-14-10(3)12-11/h4-5,7H,6H2,1-3H3. The van der Waals surface area contributed by atoms with Gasteiger partial charge in [-0.25, -0.2) is 4.98 Å². The van der Waals surface area contributed by atoms with Gasteiger partial charge in [-0.1, -0.05) is 0 Å². The van der Waals surface area contributed by atoms with E-state index in [0.29, 0.717) is 0 Å². The number of rotatable bonds is 2. The average molecular weight is 206 g/mol. The van der Waals surface area contributed by atoms with Crippen molar-refractivity contribution in [1.29, 1.82) is 0 Å². The van der Waals surface area contributed by atoms with E-state index in [1.165, 1.54) is 11.4 Å². The third-order valence-corrected chi connectivity index (χ3v) is 3.23. The first-order valence-corrected chi connectivity index (χ1v) is 5.58. The Morgan fingerprint density at radius 2 is 1.86 bits per heavy atom. The van der Waals surface area contributed by atoms with Crippen molar-refractivity contribution in [2.45, 2.75) is 27.3 Å². The van der Waals surface area contributed by atoms with Crippen LogP contribution in [0.2, 0.25) is 0 Å². The van der Waals surface area contributed by atoms with E-state index >= 15 is 0 Å². The smallest absolute Gasteiger partial charge is 0.0898 e. The summed E-state index contributed by atoms with van der Waals surface area (Å²) in [6.45, 7) is 7.21. The van der Waals surface area contributed by atoms with Crippen LogP contribution in [0.4, 0.5) is 0 Å². The molecule has 0 saturated heterocycles. The Labute approximate surface area is 88.2 Å². The van der Waals surface area contributed by atoms with Gasteiger partial charge in [-0.15, -0.1) is 11.3 Å². The molecule has 2 rings (SSSR count). The fourth-order valence-electron chi connectivity index (χ4n) is 1.59. The van der Waals surface area contributed by atoms with Crippen molar-refractivity contribution >= 4 is 11.3 Å². The van der Waals surface area contributed by atoms with E-state index < -0.39 is 0 Å². The zero-order chi connectivity index (χ0) is 10.1. The van der Waals surface area contributed by atoms with Gasteiger partial charge in [0.05, 0.1) is 17.2 Å². The van der Waals surface area contributed by atoms with E-state index in [9.17, 15) is 0 Å². The predicted octanol–water partition coefficient (Wildman–Crippen LogP) is 2.92. The molecular formula is C11H14N2S. The summed E-state index contributed by atoms with van der Waals surface area (Å²) in [5.41, 5.74) is 3.76. The zero-order valence-corrected chi connectivity index (χ0v) is 9.56. The number of aryl methyl sites for hydroxylation is 3. The molecule has 0 fully saturated rings. The van der Waals surface area contributed by atoms with Crippen molar-refractivity contribution in [2.24, 2.45) is 0 Å². The van der Waals surface area contributed by atoms with E-state index in [4.69, 9.17) is 0 Å². The molecular weight excluding hydrogens is 192 g/mol. The lowest BCUT2D eigenvalue weighted by Crippen LogP contribution is -2.03. The van der Waals surface area contributed by atoms with Crippen molar-refractivity contribution in [2.75, 3.05) is 0 Å². The van der Waals surface area contributed by atoms with Crippen molar-refractivity contribution < 1.29 is 0 Å². The Hall–Kier alpha value is -1.09. The Morgan fingerprint density at radius 3 is 2.36 bits per heavy atom. The Balaban J connectivity index is 2.26. The van der Waals surface area contributed by atoms with Gasteiger partial charge in [0.2, 0.25) is 0 Å². The molecule has 0 bridgehead atoms. The molecule has 3 heteroatoms. The predicted molar refractivity (Wildman–Crippen MR) is 59.9 cm³/mol. The monoisotopic (exact) mass is 206 g/mol. The van der Waals surface area contributed by atoms with E-state index in [2.05, 4.69) is 40.9 Å². The molecule has 74 valence electrons. The van der Waals surface area contributed by atoms with E-state index in [1.54, 1.807) is 11.3 Å². The minimum atomic E-state index is 0.898. The largest absolute Gasteiger partial charge is 0.343 e. The van der Waals surface area contributed by atoms with Gasteiger partial charge in [0.1, 0.15) is 0 Å². The minimum Gasteiger partial charge on any atom is -0.343 e. The molecule has 0 amide bonds. The van der Waals surface area contributed by atoms with Gasteiger partial charge in [0.15, 0.2) is 0 Å². The molecule has 0 atom stereocenters. The highest BCUT2D eigenvalue weighted by atomic mass is 32.1. The Morgan fingerprint density at radius 1 is 1.21 bits per heavy atom. The summed E-state index contributed by atoms with van der Waals surface area (Å²) in [5, 5.41) is 3.27. The third kappa shape index (κ3) is 1.73. The maximum atomic E-state index is 4.47. The van der Waals surface area contributed by atoms with Crippen molar-refractivity contribution in [3.05, 3.63) is 39.6 Å². The number of hydrogen-bond acceptors (Lipinski definition) is 2. The van der Waals surface area contributed by atoms with Crippen LogP contribution in [0.1, 0.15) is 22.1 Å². The van der Waals surface area contributed by atoms with E-state index in [-0.39, 0.29) is 0 Å². The molecule has 2 aromatic rings. The summed E-state index contributed by atoms with van der Waals surface area (Å²) in [4.78, 5) is 4.47. The molecule has 0 N–H and O–H groups in total. The second kappa shape index (κ2) is 3.58. The van der Waals surface area contributed by atoms with Crippen LogP contribution in [0.5, 0.6) is 0 Å². The maximum Gasteiger partial charge on any atom is 0.0898 e. The van der Waals surface area contributed by atoms with Crippen LogP contribution in [0.25, 0.3) is 0 Å². The summed E-state index contributed by atoms with van der Waals surface area (Å²) in [7, 11) is 0.